The summed E-state index contributed by atoms with van der Waals surface area (Å²) < 4.78 is 0. The van der Waals surface area contributed by atoms with Crippen LogP contribution in [0.1, 0.15) is 20.3 Å². The number of nitrogens with two attached hydrogens (primary N) is 1. The largest absolute Gasteiger partial charge is 0.355 e. The molecule has 1 fully saturated rings. The lowest BCUT2D eigenvalue weighted by Gasteiger charge is -2.35. The van der Waals surface area contributed by atoms with Crippen LogP contribution in [-0.2, 0) is 4.79 Å². The Morgan fingerprint density at radius 1 is 1.70 bits per heavy atom. The summed E-state index contributed by atoms with van der Waals surface area (Å²) in [5, 5.41) is 2.72. The van der Waals surface area contributed by atoms with E-state index in [2.05, 4.69) is 5.32 Å². The molecule has 0 aromatic rings. The molecule has 0 bridgehead atoms. The summed E-state index contributed by atoms with van der Waals surface area (Å²) in [5.74, 6) is 0.117. The van der Waals surface area contributed by atoms with Gasteiger partial charge in [-0.3, -0.25) is 4.79 Å². The molecule has 1 aliphatic heterocycles. The molecule has 0 spiro atoms. The molecule has 1 aliphatic rings. The summed E-state index contributed by atoms with van der Waals surface area (Å²) in [6, 6.07) is 0.102. The number of rotatable bonds is 0. The lowest BCUT2D eigenvalue weighted by molar-refractivity contribution is -0.125. The van der Waals surface area contributed by atoms with Crippen LogP contribution in [0.5, 0.6) is 0 Å². The molecule has 1 atom stereocenters. The second kappa shape index (κ2) is 2.23. The number of hydrogen-bond acceptors (Lipinski definition) is 2. The van der Waals surface area contributed by atoms with Crippen molar-refractivity contribution in [2.45, 2.75) is 26.3 Å². The summed E-state index contributed by atoms with van der Waals surface area (Å²) in [4.78, 5) is 10.9. The molecular weight excluding hydrogens is 128 g/mol. The van der Waals surface area contributed by atoms with Gasteiger partial charge in [0.15, 0.2) is 0 Å². The van der Waals surface area contributed by atoms with Crippen LogP contribution in [0.3, 0.4) is 0 Å². The van der Waals surface area contributed by atoms with Crippen molar-refractivity contribution in [2.24, 2.45) is 11.1 Å². The predicted molar refractivity (Wildman–Crippen MR) is 39.4 cm³/mol. The van der Waals surface area contributed by atoms with E-state index >= 15 is 0 Å². The van der Waals surface area contributed by atoms with Gasteiger partial charge in [0.05, 0.1) is 0 Å². The third kappa shape index (κ3) is 1.29. The monoisotopic (exact) mass is 142 g/mol. The Balaban J connectivity index is 2.63. The number of carbonyl (C=O) groups is 1. The molecule has 0 aromatic carbocycles. The highest BCUT2D eigenvalue weighted by Gasteiger charge is 2.33. The summed E-state index contributed by atoms with van der Waals surface area (Å²) in [7, 11) is 0. The topological polar surface area (TPSA) is 55.1 Å². The normalized spacial score (nSPS) is 31.5. The Hall–Kier alpha value is -0.570. The second-order valence-corrected chi connectivity index (χ2v) is 3.58. The number of piperidine rings is 1. The van der Waals surface area contributed by atoms with E-state index in [4.69, 9.17) is 5.73 Å². The van der Waals surface area contributed by atoms with Crippen LogP contribution >= 0.6 is 0 Å². The van der Waals surface area contributed by atoms with Crippen molar-refractivity contribution in [3.05, 3.63) is 0 Å². The van der Waals surface area contributed by atoms with E-state index in [1.165, 1.54) is 0 Å². The van der Waals surface area contributed by atoms with Gasteiger partial charge in [0, 0.05) is 19.0 Å². The Morgan fingerprint density at radius 3 is 2.70 bits per heavy atom. The molecule has 3 N–H and O–H groups in total. The van der Waals surface area contributed by atoms with Crippen LogP contribution in [0.2, 0.25) is 0 Å². The number of nitrogens with one attached hydrogen (secondary N) is 1. The van der Waals surface area contributed by atoms with Crippen molar-refractivity contribution in [1.29, 1.82) is 0 Å². The van der Waals surface area contributed by atoms with E-state index in [1.807, 2.05) is 13.8 Å². The van der Waals surface area contributed by atoms with E-state index in [0.29, 0.717) is 13.0 Å². The number of carbonyl (C=O) groups excluding carboxylic acids is 1. The maximum absolute atomic E-state index is 10.9. The van der Waals surface area contributed by atoms with Gasteiger partial charge in [0.2, 0.25) is 5.91 Å². The highest BCUT2D eigenvalue weighted by atomic mass is 16.1. The van der Waals surface area contributed by atoms with Gasteiger partial charge in [-0.1, -0.05) is 13.8 Å². The van der Waals surface area contributed by atoms with Crippen molar-refractivity contribution in [3.8, 4) is 0 Å². The Morgan fingerprint density at radius 2 is 2.30 bits per heavy atom. The van der Waals surface area contributed by atoms with Crippen LogP contribution in [0.25, 0.3) is 0 Å². The van der Waals surface area contributed by atoms with Crippen LogP contribution in [0.4, 0.5) is 0 Å². The summed E-state index contributed by atoms with van der Waals surface area (Å²) in [6.07, 6.45) is 0.550. The minimum absolute atomic E-state index is 0.0255. The van der Waals surface area contributed by atoms with E-state index < -0.39 is 0 Å². The fourth-order valence-electron chi connectivity index (χ4n) is 1.11. The number of amides is 1. The molecule has 0 aliphatic carbocycles. The van der Waals surface area contributed by atoms with Gasteiger partial charge >= 0.3 is 0 Å². The van der Waals surface area contributed by atoms with Crippen molar-refractivity contribution < 1.29 is 4.79 Å². The molecule has 1 rings (SSSR count). The summed E-state index contributed by atoms with van der Waals surface area (Å²) in [5.41, 5.74) is 5.73. The van der Waals surface area contributed by atoms with Crippen molar-refractivity contribution in [3.63, 3.8) is 0 Å². The Bertz CT molecular complexity index is 154. The highest BCUT2D eigenvalue weighted by Crippen LogP contribution is 2.25. The molecule has 1 heterocycles. The molecule has 58 valence electrons. The minimum Gasteiger partial charge on any atom is -0.355 e. The predicted octanol–water partition coefficient (Wildman–Crippen LogP) is -0.140. The summed E-state index contributed by atoms with van der Waals surface area (Å²) >= 11 is 0. The third-order valence-corrected chi connectivity index (χ3v) is 2.14. The van der Waals surface area contributed by atoms with Crippen molar-refractivity contribution in [2.75, 3.05) is 6.54 Å². The smallest absolute Gasteiger partial charge is 0.220 e. The molecule has 1 unspecified atom stereocenters. The first-order valence-corrected chi connectivity index (χ1v) is 3.55. The molecule has 10 heavy (non-hydrogen) atoms. The average Bonchev–Trinajstić information content (AvgIpc) is 1.78. The molecule has 1 saturated heterocycles. The van der Waals surface area contributed by atoms with E-state index in [9.17, 15) is 4.79 Å². The van der Waals surface area contributed by atoms with Gasteiger partial charge in [-0.05, 0) is 5.41 Å². The highest BCUT2D eigenvalue weighted by molar-refractivity contribution is 5.77. The van der Waals surface area contributed by atoms with E-state index in [0.717, 1.165) is 0 Å². The fourth-order valence-corrected chi connectivity index (χ4v) is 1.11. The van der Waals surface area contributed by atoms with Gasteiger partial charge in [0.1, 0.15) is 0 Å². The van der Waals surface area contributed by atoms with Gasteiger partial charge in [-0.25, -0.2) is 0 Å². The zero-order chi connectivity index (χ0) is 7.78. The minimum atomic E-state index is -0.0255. The van der Waals surface area contributed by atoms with Gasteiger partial charge in [0.25, 0.3) is 0 Å². The van der Waals surface area contributed by atoms with Crippen LogP contribution in [0, 0.1) is 5.41 Å². The van der Waals surface area contributed by atoms with Gasteiger partial charge in [-0.15, -0.1) is 0 Å². The lowest BCUT2D eigenvalue weighted by atomic mass is 9.79. The van der Waals surface area contributed by atoms with Crippen molar-refractivity contribution >= 4 is 5.91 Å². The molecule has 3 heteroatoms. The quantitative estimate of drug-likeness (QED) is 0.494. The lowest BCUT2D eigenvalue weighted by Crippen LogP contribution is -2.53. The molecule has 3 nitrogen and oxygen atoms in total. The van der Waals surface area contributed by atoms with Gasteiger partial charge in [-0.2, -0.15) is 0 Å². The maximum Gasteiger partial charge on any atom is 0.220 e. The molecule has 0 aromatic heterocycles. The maximum atomic E-state index is 10.9. The first kappa shape index (κ1) is 7.54. The average molecular weight is 142 g/mol. The zero-order valence-electron chi connectivity index (χ0n) is 6.48. The fraction of sp³-hybridized carbons (Fsp3) is 0.857. The van der Waals surface area contributed by atoms with Crippen molar-refractivity contribution in [1.82, 2.24) is 5.32 Å². The first-order valence-electron chi connectivity index (χ1n) is 3.55. The van der Waals surface area contributed by atoms with Crippen LogP contribution < -0.4 is 11.1 Å². The SMILES string of the molecule is CC1(C)CC(=O)NCC1N. The molecule has 0 saturated carbocycles. The van der Waals surface area contributed by atoms with Gasteiger partial charge < -0.3 is 11.1 Å². The molecule has 0 radical (unpaired) electrons. The molecular formula is C7H14N2O. The van der Waals surface area contributed by atoms with E-state index in [1.54, 1.807) is 0 Å². The second-order valence-electron chi connectivity index (χ2n) is 3.58. The summed E-state index contributed by atoms with van der Waals surface area (Å²) in [6.45, 7) is 4.67. The molecule has 1 amide bonds. The Labute approximate surface area is 61.0 Å². The first-order chi connectivity index (χ1) is 4.52. The van der Waals surface area contributed by atoms with Crippen LogP contribution in [-0.4, -0.2) is 18.5 Å². The van der Waals surface area contributed by atoms with Crippen LogP contribution in [0.15, 0.2) is 0 Å². The third-order valence-electron chi connectivity index (χ3n) is 2.14. The zero-order valence-corrected chi connectivity index (χ0v) is 6.48. The van der Waals surface area contributed by atoms with E-state index in [-0.39, 0.29) is 17.4 Å². The standard InChI is InChI=1S/C7H14N2O/c1-7(2)3-6(10)9-4-5(7)8/h5H,3-4,8H2,1-2H3,(H,9,10). The Kier molecular flexibility index (Phi) is 1.68. The number of hydrogen-bond donors (Lipinski definition) is 2.